The Hall–Kier alpha value is -1.75. The van der Waals surface area contributed by atoms with Gasteiger partial charge in [0.25, 0.3) is 0 Å². The van der Waals surface area contributed by atoms with E-state index in [4.69, 9.17) is 0 Å². The van der Waals surface area contributed by atoms with Crippen LogP contribution >= 0.6 is 11.8 Å². The quantitative estimate of drug-likeness (QED) is 0.813. The number of aromatic hydroxyl groups is 1. The lowest BCUT2D eigenvalue weighted by molar-refractivity contribution is 0.474. The highest BCUT2D eigenvalue weighted by Gasteiger charge is 1.99. The van der Waals surface area contributed by atoms with Crippen molar-refractivity contribution in [3.05, 3.63) is 42.4 Å². The Morgan fingerprint density at radius 3 is 2.82 bits per heavy atom. The second-order valence-electron chi connectivity index (χ2n) is 3.43. The van der Waals surface area contributed by atoms with Crippen LogP contribution < -0.4 is 5.32 Å². The summed E-state index contributed by atoms with van der Waals surface area (Å²) in [5.74, 6) is 1.78. The van der Waals surface area contributed by atoms with Crippen molar-refractivity contribution in [2.24, 2.45) is 0 Å². The largest absolute Gasteiger partial charge is 0.508 e. The smallest absolute Gasteiger partial charge is 0.144 e. The van der Waals surface area contributed by atoms with Crippen LogP contribution in [0.2, 0.25) is 0 Å². The Bertz CT molecular complexity index is 487. The molecule has 2 N–H and O–H groups in total. The molecule has 0 saturated heterocycles. The molecule has 0 amide bonds. The zero-order valence-corrected chi connectivity index (χ0v) is 10.2. The van der Waals surface area contributed by atoms with Crippen LogP contribution in [0.4, 0.5) is 5.82 Å². The third-order valence-corrected chi connectivity index (χ3v) is 3.19. The highest BCUT2D eigenvalue weighted by Crippen LogP contribution is 2.24. The zero-order chi connectivity index (χ0) is 12.1. The summed E-state index contributed by atoms with van der Waals surface area (Å²) in [5, 5.41) is 12.3. The van der Waals surface area contributed by atoms with E-state index in [9.17, 15) is 5.11 Å². The zero-order valence-electron chi connectivity index (χ0n) is 9.42. The Labute approximate surface area is 104 Å². The van der Waals surface area contributed by atoms with Crippen LogP contribution in [0.25, 0.3) is 0 Å². The number of benzene rings is 1. The lowest BCUT2D eigenvalue weighted by atomic mass is 10.3. The Balaban J connectivity index is 1.97. The molecule has 0 spiro atoms. The average Bonchev–Trinajstić information content (AvgIpc) is 2.37. The second kappa shape index (κ2) is 5.54. The number of thioether (sulfide) groups is 1. The molecule has 0 radical (unpaired) electrons. The van der Waals surface area contributed by atoms with Crippen molar-refractivity contribution in [1.82, 2.24) is 9.97 Å². The summed E-state index contributed by atoms with van der Waals surface area (Å²) in [6.45, 7) is 0. The van der Waals surface area contributed by atoms with E-state index in [-0.39, 0.29) is 5.75 Å². The van der Waals surface area contributed by atoms with Crippen molar-refractivity contribution in [3.8, 4) is 5.75 Å². The number of nitrogens with zero attached hydrogens (tertiary/aromatic N) is 2. The molecular formula is C12H13N3OS. The van der Waals surface area contributed by atoms with Gasteiger partial charge >= 0.3 is 0 Å². The maximum Gasteiger partial charge on any atom is 0.144 e. The van der Waals surface area contributed by atoms with Crippen LogP contribution in [0, 0.1) is 0 Å². The average molecular weight is 247 g/mol. The first kappa shape index (κ1) is 11.7. The summed E-state index contributed by atoms with van der Waals surface area (Å²) < 4.78 is 0. The first-order chi connectivity index (χ1) is 8.28. The SMILES string of the molecule is CNc1cnc(CSc2cccc(O)c2)cn1. The van der Waals surface area contributed by atoms with E-state index >= 15 is 0 Å². The van der Waals surface area contributed by atoms with Crippen LogP contribution in [0.1, 0.15) is 5.69 Å². The number of hydrogen-bond donors (Lipinski definition) is 2. The molecule has 0 atom stereocenters. The first-order valence-corrected chi connectivity index (χ1v) is 6.17. The van der Waals surface area contributed by atoms with Gasteiger partial charge in [0, 0.05) is 17.7 Å². The van der Waals surface area contributed by atoms with Crippen LogP contribution in [0.3, 0.4) is 0 Å². The van der Waals surface area contributed by atoms with Crippen molar-refractivity contribution in [3.63, 3.8) is 0 Å². The highest BCUT2D eigenvalue weighted by molar-refractivity contribution is 7.98. The molecule has 1 heterocycles. The summed E-state index contributed by atoms with van der Waals surface area (Å²) >= 11 is 1.62. The minimum Gasteiger partial charge on any atom is -0.508 e. The number of phenols is 1. The highest BCUT2D eigenvalue weighted by atomic mass is 32.2. The molecule has 0 aliphatic rings. The molecule has 0 aliphatic carbocycles. The molecule has 4 nitrogen and oxygen atoms in total. The van der Waals surface area contributed by atoms with Gasteiger partial charge in [-0.25, -0.2) is 4.98 Å². The lowest BCUT2D eigenvalue weighted by Gasteiger charge is -2.03. The molecule has 0 unspecified atom stereocenters. The molecular weight excluding hydrogens is 234 g/mol. The fraction of sp³-hybridized carbons (Fsp3) is 0.167. The molecule has 1 aromatic heterocycles. The lowest BCUT2D eigenvalue weighted by Crippen LogP contribution is -1.95. The Morgan fingerprint density at radius 2 is 2.18 bits per heavy atom. The van der Waals surface area contributed by atoms with E-state index in [2.05, 4.69) is 15.3 Å². The second-order valence-corrected chi connectivity index (χ2v) is 4.48. The predicted molar refractivity (Wildman–Crippen MR) is 69.2 cm³/mol. The van der Waals surface area contributed by atoms with Gasteiger partial charge in [0.15, 0.2) is 0 Å². The molecule has 0 aliphatic heterocycles. The Morgan fingerprint density at radius 1 is 1.29 bits per heavy atom. The third-order valence-electron chi connectivity index (χ3n) is 2.17. The van der Waals surface area contributed by atoms with Crippen LogP contribution in [0.15, 0.2) is 41.6 Å². The standard InChI is InChI=1S/C12H13N3OS/c1-13-12-7-14-9(6-15-12)8-17-11-4-2-3-10(16)5-11/h2-7,16H,8H2,1H3,(H,13,15). The van der Waals surface area contributed by atoms with Crippen LogP contribution in [0.5, 0.6) is 5.75 Å². The maximum atomic E-state index is 9.33. The van der Waals surface area contributed by atoms with Crippen molar-refractivity contribution >= 4 is 17.6 Å². The van der Waals surface area contributed by atoms with E-state index in [1.54, 1.807) is 36.3 Å². The minimum atomic E-state index is 0.284. The topological polar surface area (TPSA) is 58.0 Å². The fourth-order valence-corrected chi connectivity index (χ4v) is 2.13. The molecule has 0 fully saturated rings. The molecule has 1 aromatic carbocycles. The number of nitrogens with one attached hydrogen (secondary N) is 1. The molecule has 17 heavy (non-hydrogen) atoms. The summed E-state index contributed by atoms with van der Waals surface area (Å²) in [5.41, 5.74) is 0.914. The van der Waals surface area contributed by atoms with Gasteiger partial charge in [-0.15, -0.1) is 11.8 Å². The van der Waals surface area contributed by atoms with E-state index in [0.29, 0.717) is 0 Å². The van der Waals surface area contributed by atoms with Crippen LogP contribution in [-0.4, -0.2) is 22.1 Å². The molecule has 2 aromatic rings. The molecule has 2 rings (SSSR count). The third kappa shape index (κ3) is 3.35. The van der Waals surface area contributed by atoms with Gasteiger partial charge in [-0.3, -0.25) is 4.98 Å². The van der Waals surface area contributed by atoms with Crippen molar-refractivity contribution in [2.75, 3.05) is 12.4 Å². The van der Waals surface area contributed by atoms with E-state index in [1.165, 1.54) is 0 Å². The summed E-state index contributed by atoms with van der Waals surface area (Å²) in [6.07, 6.45) is 3.46. The summed E-state index contributed by atoms with van der Waals surface area (Å²) in [4.78, 5) is 9.49. The monoisotopic (exact) mass is 247 g/mol. The number of rotatable bonds is 4. The molecule has 0 bridgehead atoms. The van der Waals surface area contributed by atoms with Gasteiger partial charge in [0.1, 0.15) is 11.6 Å². The van der Waals surface area contributed by atoms with Gasteiger partial charge in [0.2, 0.25) is 0 Å². The minimum absolute atomic E-state index is 0.284. The summed E-state index contributed by atoms with van der Waals surface area (Å²) in [7, 11) is 1.81. The van der Waals surface area contributed by atoms with Crippen molar-refractivity contribution in [2.45, 2.75) is 10.6 Å². The van der Waals surface area contributed by atoms with Gasteiger partial charge in [0.05, 0.1) is 18.1 Å². The van der Waals surface area contributed by atoms with Gasteiger partial charge < -0.3 is 10.4 Å². The van der Waals surface area contributed by atoms with E-state index < -0.39 is 0 Å². The normalized spacial score (nSPS) is 10.2. The van der Waals surface area contributed by atoms with Gasteiger partial charge in [-0.05, 0) is 18.2 Å². The fourth-order valence-electron chi connectivity index (χ4n) is 1.29. The van der Waals surface area contributed by atoms with Gasteiger partial charge in [-0.2, -0.15) is 0 Å². The van der Waals surface area contributed by atoms with Crippen molar-refractivity contribution < 1.29 is 5.11 Å². The summed E-state index contributed by atoms with van der Waals surface area (Å²) in [6, 6.07) is 7.18. The number of phenolic OH excluding ortho intramolecular Hbond substituents is 1. The number of aromatic nitrogens is 2. The number of hydrogen-bond acceptors (Lipinski definition) is 5. The van der Waals surface area contributed by atoms with Gasteiger partial charge in [-0.1, -0.05) is 6.07 Å². The Kier molecular flexibility index (Phi) is 3.82. The maximum absolute atomic E-state index is 9.33. The van der Waals surface area contributed by atoms with Crippen molar-refractivity contribution in [1.29, 1.82) is 0 Å². The van der Waals surface area contributed by atoms with E-state index in [1.807, 2.05) is 19.2 Å². The molecule has 5 heteroatoms. The molecule has 88 valence electrons. The number of anilines is 1. The van der Waals surface area contributed by atoms with E-state index in [0.717, 1.165) is 22.2 Å². The first-order valence-electron chi connectivity index (χ1n) is 5.18. The predicted octanol–water partition coefficient (Wildman–Crippen LogP) is 2.52. The van der Waals surface area contributed by atoms with Crippen LogP contribution in [-0.2, 0) is 5.75 Å². The molecule has 0 saturated carbocycles.